The van der Waals surface area contributed by atoms with Gasteiger partial charge < -0.3 is 19.7 Å². The molecular weight excluding hydrogens is 278 g/mol. The maximum atomic E-state index is 13.1. The number of nitrogens with one attached hydrogen (secondary N) is 1. The molecule has 4 rings (SSSR count). The molecule has 0 aromatic heterocycles. The van der Waals surface area contributed by atoms with E-state index in [1.54, 1.807) is 12.1 Å². The Morgan fingerprint density at radius 2 is 1.81 bits per heavy atom. The molecule has 1 aromatic rings. The number of hydrogen-bond acceptors (Lipinski definition) is 4. The molecule has 3 aliphatic heterocycles. The Kier molecular flexibility index (Phi) is 2.79. The number of hydrogen-bond donors (Lipinski definition) is 1. The van der Waals surface area contributed by atoms with Crippen LogP contribution < -0.4 is 19.7 Å². The summed E-state index contributed by atoms with van der Waals surface area (Å²) in [6, 6.07) is 6.62. The number of anilines is 1. The van der Waals surface area contributed by atoms with Crippen LogP contribution in [0.1, 0.15) is 25.7 Å². The Balaban J connectivity index is 1.61. The van der Waals surface area contributed by atoms with Gasteiger partial charge in [0.1, 0.15) is 0 Å². The van der Waals surface area contributed by atoms with Crippen molar-refractivity contribution in [3.05, 3.63) is 18.2 Å². The second-order valence-corrected chi connectivity index (χ2v) is 6.05. The zero-order valence-electron chi connectivity index (χ0n) is 11.8. The van der Waals surface area contributed by atoms with Gasteiger partial charge in [0.05, 0.1) is 0 Å². The van der Waals surface area contributed by atoms with E-state index >= 15 is 0 Å². The number of alkyl halides is 2. The van der Waals surface area contributed by atoms with Crippen molar-refractivity contribution < 1.29 is 18.3 Å². The van der Waals surface area contributed by atoms with Crippen molar-refractivity contribution in [2.24, 2.45) is 0 Å². The van der Waals surface area contributed by atoms with E-state index < -0.39 is 6.29 Å². The van der Waals surface area contributed by atoms with E-state index in [0.29, 0.717) is 18.1 Å². The summed E-state index contributed by atoms with van der Waals surface area (Å²) >= 11 is 0. The number of ether oxygens (including phenoxy) is 2. The molecular formula is C15H18F2N2O2. The smallest absolute Gasteiger partial charge is 0.395 e. The van der Waals surface area contributed by atoms with E-state index in [0.717, 1.165) is 31.4 Å². The highest BCUT2D eigenvalue weighted by atomic mass is 19.3. The second-order valence-electron chi connectivity index (χ2n) is 6.05. The first-order valence-electron chi connectivity index (χ1n) is 7.41. The summed E-state index contributed by atoms with van der Waals surface area (Å²) < 4.78 is 35.2. The standard InChI is InChI=1S/C15H18F2N2O2/c1-18-9-6-10-2-3-11(7-9)19(10)12-4-5-13-14(8-12)21-15(16,17)20-13/h4-5,8-11,18H,2-3,6-7H2,1H3. The van der Waals surface area contributed by atoms with Crippen molar-refractivity contribution >= 4 is 5.69 Å². The zero-order chi connectivity index (χ0) is 14.6. The number of halogens is 2. The molecule has 2 atom stereocenters. The van der Waals surface area contributed by atoms with Crippen LogP contribution in [-0.2, 0) is 0 Å². The zero-order valence-corrected chi connectivity index (χ0v) is 11.8. The minimum Gasteiger partial charge on any atom is -0.395 e. The van der Waals surface area contributed by atoms with Gasteiger partial charge >= 0.3 is 6.29 Å². The van der Waals surface area contributed by atoms with E-state index in [2.05, 4.69) is 19.7 Å². The molecule has 3 aliphatic rings. The van der Waals surface area contributed by atoms with E-state index in [1.807, 2.05) is 13.1 Å². The number of benzene rings is 1. The molecule has 0 aliphatic carbocycles. The average molecular weight is 296 g/mol. The molecule has 4 nitrogen and oxygen atoms in total. The molecule has 0 saturated carbocycles. The molecule has 3 heterocycles. The van der Waals surface area contributed by atoms with Crippen LogP contribution in [0.4, 0.5) is 14.5 Å². The van der Waals surface area contributed by atoms with Crippen LogP contribution in [0.2, 0.25) is 0 Å². The van der Waals surface area contributed by atoms with Crippen LogP contribution in [0.15, 0.2) is 18.2 Å². The summed E-state index contributed by atoms with van der Waals surface area (Å²) in [6.45, 7) is 0. The van der Waals surface area contributed by atoms with Crippen molar-refractivity contribution in [3.8, 4) is 11.5 Å². The summed E-state index contributed by atoms with van der Waals surface area (Å²) in [6.07, 6.45) is 0.967. The van der Waals surface area contributed by atoms with Gasteiger partial charge in [-0.05, 0) is 44.9 Å². The fraction of sp³-hybridized carbons (Fsp3) is 0.600. The molecule has 2 unspecified atom stereocenters. The van der Waals surface area contributed by atoms with Gasteiger partial charge in [-0.25, -0.2) is 0 Å². The maximum Gasteiger partial charge on any atom is 0.586 e. The number of nitrogens with zero attached hydrogens (tertiary/aromatic N) is 1. The lowest BCUT2D eigenvalue weighted by Gasteiger charge is -2.40. The Hall–Kier alpha value is -1.56. The van der Waals surface area contributed by atoms with Gasteiger partial charge in [0.15, 0.2) is 11.5 Å². The third-order valence-electron chi connectivity index (χ3n) is 4.82. The summed E-state index contributed by atoms with van der Waals surface area (Å²) in [4.78, 5) is 2.37. The van der Waals surface area contributed by atoms with Crippen LogP contribution in [0.3, 0.4) is 0 Å². The van der Waals surface area contributed by atoms with Crippen LogP contribution in [0.25, 0.3) is 0 Å². The Bertz CT molecular complexity index is 553. The highest BCUT2D eigenvalue weighted by Crippen LogP contribution is 2.46. The summed E-state index contributed by atoms with van der Waals surface area (Å²) in [5.41, 5.74) is 0.956. The molecule has 0 spiro atoms. The van der Waals surface area contributed by atoms with Crippen molar-refractivity contribution in [2.75, 3.05) is 11.9 Å². The third-order valence-corrected chi connectivity index (χ3v) is 4.82. The second kappa shape index (κ2) is 4.47. The van der Waals surface area contributed by atoms with Crippen molar-refractivity contribution in [1.29, 1.82) is 0 Å². The predicted octanol–water partition coefficient (Wildman–Crippen LogP) is 2.73. The average Bonchev–Trinajstić information content (AvgIpc) is 2.89. The molecule has 2 bridgehead atoms. The molecule has 6 heteroatoms. The highest BCUT2D eigenvalue weighted by Gasteiger charge is 2.45. The topological polar surface area (TPSA) is 33.7 Å². The van der Waals surface area contributed by atoms with E-state index in [4.69, 9.17) is 0 Å². The predicted molar refractivity (Wildman–Crippen MR) is 74.0 cm³/mol. The fourth-order valence-electron chi connectivity index (χ4n) is 3.93. The molecule has 21 heavy (non-hydrogen) atoms. The van der Waals surface area contributed by atoms with Gasteiger partial charge in [0.25, 0.3) is 0 Å². The lowest BCUT2D eigenvalue weighted by atomic mass is 9.96. The van der Waals surface area contributed by atoms with Gasteiger partial charge in [-0.3, -0.25) is 0 Å². The van der Waals surface area contributed by atoms with Crippen molar-refractivity contribution in [2.45, 2.75) is 50.1 Å². The van der Waals surface area contributed by atoms with Gasteiger partial charge in [-0.1, -0.05) is 0 Å². The summed E-state index contributed by atoms with van der Waals surface area (Å²) in [7, 11) is 2.00. The molecule has 0 amide bonds. The number of fused-ring (bicyclic) bond motifs is 3. The van der Waals surface area contributed by atoms with E-state index in [1.165, 1.54) is 0 Å². The van der Waals surface area contributed by atoms with Crippen LogP contribution in [0.5, 0.6) is 11.5 Å². The first-order chi connectivity index (χ1) is 10.1. The first-order valence-corrected chi connectivity index (χ1v) is 7.41. The van der Waals surface area contributed by atoms with E-state index in [9.17, 15) is 8.78 Å². The minimum absolute atomic E-state index is 0.112. The molecule has 114 valence electrons. The first kappa shape index (κ1) is 13.1. The van der Waals surface area contributed by atoms with Gasteiger partial charge in [-0.2, -0.15) is 0 Å². The molecule has 2 fully saturated rings. The van der Waals surface area contributed by atoms with Crippen LogP contribution in [-0.4, -0.2) is 31.5 Å². The van der Waals surface area contributed by atoms with Gasteiger partial charge in [0, 0.05) is 29.9 Å². The Labute approximate surface area is 122 Å². The monoisotopic (exact) mass is 296 g/mol. The molecule has 1 aromatic carbocycles. The van der Waals surface area contributed by atoms with Crippen LogP contribution in [0, 0.1) is 0 Å². The number of piperidine rings is 1. The summed E-state index contributed by atoms with van der Waals surface area (Å²) in [5, 5.41) is 3.36. The summed E-state index contributed by atoms with van der Waals surface area (Å²) in [5.74, 6) is 0.244. The molecule has 2 saturated heterocycles. The van der Waals surface area contributed by atoms with Crippen LogP contribution >= 0.6 is 0 Å². The van der Waals surface area contributed by atoms with E-state index in [-0.39, 0.29) is 11.5 Å². The normalized spacial score (nSPS) is 32.5. The lowest BCUT2D eigenvalue weighted by molar-refractivity contribution is -0.286. The van der Waals surface area contributed by atoms with Crippen molar-refractivity contribution in [3.63, 3.8) is 0 Å². The third kappa shape index (κ3) is 2.12. The maximum absolute atomic E-state index is 13.1. The Morgan fingerprint density at radius 1 is 1.14 bits per heavy atom. The fourth-order valence-corrected chi connectivity index (χ4v) is 3.93. The highest BCUT2D eigenvalue weighted by molar-refractivity contribution is 5.59. The number of rotatable bonds is 2. The van der Waals surface area contributed by atoms with Crippen molar-refractivity contribution in [1.82, 2.24) is 5.32 Å². The quantitative estimate of drug-likeness (QED) is 0.910. The minimum atomic E-state index is -3.54. The van der Waals surface area contributed by atoms with Gasteiger partial charge in [0.2, 0.25) is 0 Å². The largest absolute Gasteiger partial charge is 0.586 e. The van der Waals surface area contributed by atoms with Gasteiger partial charge in [-0.15, -0.1) is 8.78 Å². The Morgan fingerprint density at radius 3 is 2.48 bits per heavy atom. The lowest BCUT2D eigenvalue weighted by Crippen LogP contribution is -2.48. The molecule has 1 N–H and O–H groups in total. The SMILES string of the molecule is CNC1CC2CCC(C1)N2c1ccc2c(c1)OC(F)(F)O2. The molecule has 0 radical (unpaired) electrons.